The molecule has 2 fully saturated rings. The second-order valence-corrected chi connectivity index (χ2v) is 11.9. The van der Waals surface area contributed by atoms with E-state index < -0.39 is 23.9 Å². The van der Waals surface area contributed by atoms with E-state index in [0.29, 0.717) is 61.0 Å². The SMILES string of the molecule is C[C@@H]1CCCN1Cc1sc(NC(O)c2cnc(N3CCN(CC(=O)O)CC3)cn2)nc1-c1ccc(Cl)c(C(F)(F)F)c1. The molecule has 0 bridgehead atoms. The maximum atomic E-state index is 13.6. The zero-order chi connectivity index (χ0) is 30.0. The van der Waals surface area contributed by atoms with E-state index in [2.05, 4.69) is 32.1 Å². The molecular formula is C27H31ClF3N7O3S. The van der Waals surface area contributed by atoms with E-state index in [1.165, 1.54) is 29.7 Å². The quantitative estimate of drug-likeness (QED) is 0.292. The molecule has 1 aromatic carbocycles. The predicted octanol–water partition coefficient (Wildman–Crippen LogP) is 4.57. The van der Waals surface area contributed by atoms with Gasteiger partial charge in [0.2, 0.25) is 0 Å². The lowest BCUT2D eigenvalue weighted by molar-refractivity contribution is -0.138. The number of aliphatic hydroxyl groups excluding tert-OH is 1. The number of hydrogen-bond donors (Lipinski definition) is 3. The van der Waals surface area contributed by atoms with E-state index in [1.54, 1.807) is 6.20 Å². The molecule has 1 unspecified atom stereocenters. The number of aliphatic carboxylic acids is 1. The third kappa shape index (κ3) is 7.11. The summed E-state index contributed by atoms with van der Waals surface area (Å²) in [5.74, 6) is -0.249. The van der Waals surface area contributed by atoms with Crippen LogP contribution in [0.2, 0.25) is 5.02 Å². The van der Waals surface area contributed by atoms with E-state index in [0.717, 1.165) is 30.3 Å². The summed E-state index contributed by atoms with van der Waals surface area (Å²) in [6.45, 7) is 5.89. The van der Waals surface area contributed by atoms with Crippen molar-refractivity contribution in [3.8, 4) is 11.3 Å². The van der Waals surface area contributed by atoms with Crippen molar-refractivity contribution < 1.29 is 28.2 Å². The molecule has 42 heavy (non-hydrogen) atoms. The van der Waals surface area contributed by atoms with Crippen molar-refractivity contribution >= 4 is 39.9 Å². The predicted molar refractivity (Wildman–Crippen MR) is 154 cm³/mol. The molecule has 10 nitrogen and oxygen atoms in total. The van der Waals surface area contributed by atoms with Crippen LogP contribution in [0.25, 0.3) is 11.3 Å². The third-order valence-electron chi connectivity index (χ3n) is 7.53. The highest BCUT2D eigenvalue weighted by molar-refractivity contribution is 7.16. The molecule has 2 saturated heterocycles. The summed E-state index contributed by atoms with van der Waals surface area (Å²) in [7, 11) is 0. The smallest absolute Gasteiger partial charge is 0.417 e. The number of likely N-dealkylation sites (tertiary alicyclic amines) is 1. The molecule has 2 atom stereocenters. The maximum Gasteiger partial charge on any atom is 0.417 e. The second kappa shape index (κ2) is 12.7. The van der Waals surface area contributed by atoms with Crippen LogP contribution >= 0.6 is 22.9 Å². The lowest BCUT2D eigenvalue weighted by Gasteiger charge is -2.34. The number of carboxylic acids is 1. The van der Waals surface area contributed by atoms with Gasteiger partial charge < -0.3 is 20.4 Å². The number of hydrogen-bond acceptors (Lipinski definition) is 10. The van der Waals surface area contributed by atoms with Gasteiger partial charge in [0.1, 0.15) is 11.5 Å². The van der Waals surface area contributed by atoms with Crippen LogP contribution in [0.4, 0.5) is 24.1 Å². The lowest BCUT2D eigenvalue weighted by atomic mass is 10.1. The standard InChI is InChI=1S/C27H31ClF3N7O3S/c1-16-3-2-6-38(16)14-21-24(17-4-5-19(28)18(11-17)27(29,30)31)34-26(42-21)35-25(41)20-12-33-22(13-32-20)37-9-7-36(8-10-37)15-23(39)40/h4-5,11-13,16,25,41H,2-3,6-10,14-15H2,1H3,(H,34,35)(H,39,40)/t16-,25?/m1/s1. The summed E-state index contributed by atoms with van der Waals surface area (Å²) >= 11 is 7.13. The second-order valence-electron chi connectivity index (χ2n) is 10.4. The fraction of sp³-hybridized carbons (Fsp3) is 0.481. The molecule has 0 radical (unpaired) electrons. The molecule has 5 rings (SSSR count). The Bertz CT molecular complexity index is 1400. The Morgan fingerprint density at radius 3 is 2.57 bits per heavy atom. The average Bonchev–Trinajstić information content (AvgIpc) is 3.54. The summed E-state index contributed by atoms with van der Waals surface area (Å²) in [5, 5.41) is 22.7. The van der Waals surface area contributed by atoms with Crippen molar-refractivity contribution in [1.29, 1.82) is 0 Å². The highest BCUT2D eigenvalue weighted by Crippen LogP contribution is 2.40. The molecule has 0 aliphatic carbocycles. The highest BCUT2D eigenvalue weighted by Gasteiger charge is 2.34. The summed E-state index contributed by atoms with van der Waals surface area (Å²) in [5.41, 5.74) is 0.0170. The highest BCUT2D eigenvalue weighted by atomic mass is 35.5. The Morgan fingerprint density at radius 1 is 1.19 bits per heavy atom. The molecule has 2 aromatic heterocycles. The van der Waals surface area contributed by atoms with Gasteiger partial charge in [-0.05, 0) is 38.4 Å². The van der Waals surface area contributed by atoms with Gasteiger partial charge in [0.25, 0.3) is 0 Å². The number of thiazole rings is 1. The molecule has 4 heterocycles. The van der Waals surface area contributed by atoms with Gasteiger partial charge in [-0.2, -0.15) is 13.2 Å². The number of carbonyl (C=O) groups is 1. The number of nitrogens with one attached hydrogen (secondary N) is 1. The van der Waals surface area contributed by atoms with Crippen molar-refractivity contribution in [2.24, 2.45) is 0 Å². The van der Waals surface area contributed by atoms with E-state index in [1.807, 2.05) is 9.80 Å². The van der Waals surface area contributed by atoms with Crippen LogP contribution in [0.15, 0.2) is 30.6 Å². The number of aromatic nitrogens is 3. The molecule has 3 aromatic rings. The van der Waals surface area contributed by atoms with Crippen LogP contribution in [-0.2, 0) is 17.5 Å². The molecule has 2 aliphatic rings. The number of alkyl halides is 3. The molecule has 2 aliphatic heterocycles. The van der Waals surface area contributed by atoms with Crippen LogP contribution in [0, 0.1) is 0 Å². The number of anilines is 2. The van der Waals surface area contributed by atoms with Crippen molar-refractivity contribution in [2.75, 3.05) is 49.5 Å². The normalized spacial score (nSPS) is 19.3. The minimum absolute atomic E-state index is 0.00489. The minimum atomic E-state index is -4.61. The Kier molecular flexibility index (Phi) is 9.18. The van der Waals surface area contributed by atoms with Gasteiger partial charge in [-0.1, -0.05) is 17.7 Å². The minimum Gasteiger partial charge on any atom is -0.480 e. The number of carboxylic acid groups (broad SMARTS) is 1. The van der Waals surface area contributed by atoms with Crippen LogP contribution in [0.1, 0.15) is 42.1 Å². The Morgan fingerprint density at radius 2 is 1.95 bits per heavy atom. The number of halogens is 4. The molecule has 15 heteroatoms. The summed E-state index contributed by atoms with van der Waals surface area (Å²) in [6, 6.07) is 4.11. The number of piperazine rings is 1. The summed E-state index contributed by atoms with van der Waals surface area (Å²) in [6.07, 6.45) is -0.775. The van der Waals surface area contributed by atoms with E-state index in [9.17, 15) is 23.1 Å². The van der Waals surface area contributed by atoms with Crippen LogP contribution in [-0.4, -0.2) is 86.2 Å². The Balaban J connectivity index is 1.33. The van der Waals surface area contributed by atoms with Crippen molar-refractivity contribution in [3.63, 3.8) is 0 Å². The van der Waals surface area contributed by atoms with Crippen molar-refractivity contribution in [1.82, 2.24) is 24.8 Å². The molecule has 0 saturated carbocycles. The zero-order valence-corrected chi connectivity index (χ0v) is 24.4. The first-order chi connectivity index (χ1) is 20.0. The average molecular weight is 626 g/mol. The van der Waals surface area contributed by atoms with Gasteiger partial charge in [-0.25, -0.2) is 9.97 Å². The topological polar surface area (TPSA) is 118 Å². The molecule has 0 amide bonds. The zero-order valence-electron chi connectivity index (χ0n) is 22.8. The van der Waals surface area contributed by atoms with Crippen molar-refractivity contribution in [3.05, 3.63) is 51.7 Å². The van der Waals surface area contributed by atoms with Crippen LogP contribution < -0.4 is 10.2 Å². The monoisotopic (exact) mass is 625 g/mol. The molecule has 0 spiro atoms. The fourth-order valence-electron chi connectivity index (χ4n) is 5.20. The van der Waals surface area contributed by atoms with Gasteiger partial charge in [0.15, 0.2) is 11.4 Å². The lowest BCUT2D eigenvalue weighted by Crippen LogP contribution is -2.48. The maximum absolute atomic E-state index is 13.6. The van der Waals surface area contributed by atoms with Gasteiger partial charge in [-0.15, -0.1) is 11.3 Å². The first-order valence-electron chi connectivity index (χ1n) is 13.5. The van der Waals surface area contributed by atoms with Gasteiger partial charge in [-0.3, -0.25) is 19.6 Å². The van der Waals surface area contributed by atoms with Crippen LogP contribution in [0.5, 0.6) is 0 Å². The number of benzene rings is 1. The number of nitrogens with zero attached hydrogens (tertiary/aromatic N) is 6. The molecule has 3 N–H and O–H groups in total. The number of rotatable bonds is 9. The Hall–Kier alpha value is -3.04. The van der Waals surface area contributed by atoms with Crippen LogP contribution in [0.3, 0.4) is 0 Å². The van der Waals surface area contributed by atoms with Gasteiger partial charge >= 0.3 is 12.1 Å². The number of aliphatic hydroxyl groups is 1. The van der Waals surface area contributed by atoms with E-state index in [4.69, 9.17) is 16.7 Å². The first kappa shape index (κ1) is 30.4. The third-order valence-corrected chi connectivity index (χ3v) is 8.83. The summed E-state index contributed by atoms with van der Waals surface area (Å²) < 4.78 is 40.8. The molecule has 226 valence electrons. The summed E-state index contributed by atoms with van der Waals surface area (Å²) in [4.78, 5) is 31.2. The van der Waals surface area contributed by atoms with Crippen molar-refractivity contribution in [2.45, 2.75) is 44.8 Å². The first-order valence-corrected chi connectivity index (χ1v) is 14.7. The largest absolute Gasteiger partial charge is 0.480 e. The fourth-order valence-corrected chi connectivity index (χ4v) is 6.46. The van der Waals surface area contributed by atoms with Gasteiger partial charge in [0.05, 0.1) is 35.2 Å². The Labute approximate surface area is 249 Å². The molecular weight excluding hydrogens is 595 g/mol. The van der Waals surface area contributed by atoms with Gasteiger partial charge in [0, 0.05) is 49.2 Å². The van der Waals surface area contributed by atoms with E-state index in [-0.39, 0.29) is 17.3 Å². The van der Waals surface area contributed by atoms with E-state index >= 15 is 0 Å².